The van der Waals surface area contributed by atoms with Crippen molar-refractivity contribution >= 4 is 35.0 Å². The molecule has 0 spiro atoms. The molecule has 1 aromatic heterocycles. The van der Waals surface area contributed by atoms with Gasteiger partial charge in [0.05, 0.1) is 11.1 Å². The highest BCUT2D eigenvalue weighted by atomic mass is 35.5. The first kappa shape index (κ1) is 17.8. The highest BCUT2D eigenvalue weighted by Gasteiger charge is 2.38. The quantitative estimate of drug-likeness (QED) is 0.834. The Hall–Kier alpha value is -1.57. The van der Waals surface area contributed by atoms with Crippen LogP contribution >= 0.6 is 23.4 Å². The fraction of sp³-hybridized carbons (Fsp3) is 0.500. The maximum atomic E-state index is 12.6. The monoisotopic (exact) mass is 391 g/mol. The summed E-state index contributed by atoms with van der Waals surface area (Å²) in [6, 6.07) is 5.98. The second-order valence-electron chi connectivity index (χ2n) is 7.07. The fourth-order valence-corrected chi connectivity index (χ4v) is 4.94. The van der Waals surface area contributed by atoms with E-state index in [1.54, 1.807) is 12.4 Å². The predicted molar refractivity (Wildman–Crippen MR) is 102 cm³/mol. The Labute approximate surface area is 162 Å². The van der Waals surface area contributed by atoms with E-state index >= 15 is 0 Å². The van der Waals surface area contributed by atoms with Gasteiger partial charge < -0.3 is 15.2 Å². The SMILES string of the molecule is Cn1cnnc1Sc1ccc(NC(=O)C2CC3CCCCC3N2)cc1Cl. The number of halogens is 1. The fourth-order valence-electron chi connectivity index (χ4n) is 3.88. The van der Waals surface area contributed by atoms with Crippen molar-refractivity contribution in [1.82, 2.24) is 20.1 Å². The molecule has 6 nitrogen and oxygen atoms in total. The molecule has 2 heterocycles. The zero-order valence-corrected chi connectivity index (χ0v) is 16.2. The van der Waals surface area contributed by atoms with Crippen LogP contribution in [0.2, 0.25) is 5.02 Å². The molecule has 2 aliphatic rings. The molecule has 0 radical (unpaired) electrons. The molecule has 1 amide bonds. The number of aromatic nitrogens is 3. The molecular formula is C18H22ClN5OS. The Morgan fingerprint density at radius 2 is 2.23 bits per heavy atom. The van der Waals surface area contributed by atoms with Gasteiger partial charge in [-0.25, -0.2) is 0 Å². The van der Waals surface area contributed by atoms with E-state index in [1.165, 1.54) is 37.4 Å². The van der Waals surface area contributed by atoms with E-state index in [4.69, 9.17) is 11.6 Å². The van der Waals surface area contributed by atoms with Crippen molar-refractivity contribution in [2.45, 2.75) is 54.2 Å². The smallest absolute Gasteiger partial charge is 0.241 e. The van der Waals surface area contributed by atoms with Crippen LogP contribution in [0.1, 0.15) is 32.1 Å². The number of carbonyl (C=O) groups excluding carboxylic acids is 1. The molecule has 3 unspecified atom stereocenters. The van der Waals surface area contributed by atoms with Crippen LogP contribution in [0.3, 0.4) is 0 Å². The Morgan fingerprint density at radius 3 is 2.96 bits per heavy atom. The van der Waals surface area contributed by atoms with E-state index in [9.17, 15) is 4.79 Å². The molecular weight excluding hydrogens is 370 g/mol. The summed E-state index contributed by atoms with van der Waals surface area (Å²) in [6.07, 6.45) is 7.57. The minimum atomic E-state index is -0.102. The number of fused-ring (bicyclic) bond motifs is 1. The van der Waals surface area contributed by atoms with Gasteiger partial charge in [0.25, 0.3) is 0 Å². The number of nitrogens with one attached hydrogen (secondary N) is 2. The highest BCUT2D eigenvalue weighted by molar-refractivity contribution is 7.99. The second-order valence-corrected chi connectivity index (χ2v) is 8.48. The van der Waals surface area contributed by atoms with Crippen LogP contribution in [-0.2, 0) is 11.8 Å². The van der Waals surface area contributed by atoms with E-state index in [0.717, 1.165) is 22.2 Å². The van der Waals surface area contributed by atoms with Crippen molar-refractivity contribution in [3.63, 3.8) is 0 Å². The summed E-state index contributed by atoms with van der Waals surface area (Å²) in [7, 11) is 1.89. The number of carbonyl (C=O) groups is 1. The number of hydrogen-bond donors (Lipinski definition) is 2. The van der Waals surface area contributed by atoms with Crippen LogP contribution < -0.4 is 10.6 Å². The largest absolute Gasteiger partial charge is 0.325 e. The molecule has 1 saturated heterocycles. The van der Waals surface area contributed by atoms with Gasteiger partial charge in [-0.1, -0.05) is 24.4 Å². The molecule has 2 N–H and O–H groups in total. The normalized spacial score (nSPS) is 25.1. The van der Waals surface area contributed by atoms with E-state index in [-0.39, 0.29) is 11.9 Å². The molecule has 4 rings (SSSR count). The van der Waals surface area contributed by atoms with Crippen molar-refractivity contribution in [3.8, 4) is 0 Å². The Morgan fingerprint density at radius 1 is 1.38 bits per heavy atom. The van der Waals surface area contributed by atoms with Crippen molar-refractivity contribution in [2.75, 3.05) is 5.32 Å². The molecule has 1 aromatic carbocycles. The van der Waals surface area contributed by atoms with Crippen LogP contribution in [-0.4, -0.2) is 32.8 Å². The molecule has 1 aliphatic carbocycles. The van der Waals surface area contributed by atoms with Gasteiger partial charge in [-0.15, -0.1) is 10.2 Å². The first-order chi connectivity index (χ1) is 12.6. The van der Waals surface area contributed by atoms with Gasteiger partial charge in [-0.05, 0) is 55.1 Å². The van der Waals surface area contributed by atoms with Gasteiger partial charge in [0.1, 0.15) is 6.33 Å². The van der Waals surface area contributed by atoms with Crippen LogP contribution in [0.4, 0.5) is 5.69 Å². The summed E-state index contributed by atoms with van der Waals surface area (Å²) in [5.41, 5.74) is 0.721. The predicted octanol–water partition coefficient (Wildman–Crippen LogP) is 3.48. The first-order valence-electron chi connectivity index (χ1n) is 8.98. The van der Waals surface area contributed by atoms with E-state index in [2.05, 4.69) is 20.8 Å². The van der Waals surface area contributed by atoms with Crippen LogP contribution in [0.15, 0.2) is 34.6 Å². The lowest BCUT2D eigenvalue weighted by molar-refractivity contribution is -0.117. The lowest BCUT2D eigenvalue weighted by Gasteiger charge is -2.24. The molecule has 8 heteroatoms. The topological polar surface area (TPSA) is 71.8 Å². The van der Waals surface area contributed by atoms with Crippen molar-refractivity contribution < 1.29 is 4.79 Å². The van der Waals surface area contributed by atoms with E-state index in [0.29, 0.717) is 17.0 Å². The summed E-state index contributed by atoms with van der Waals surface area (Å²) in [4.78, 5) is 13.5. The van der Waals surface area contributed by atoms with Crippen molar-refractivity contribution in [1.29, 1.82) is 0 Å². The molecule has 2 fully saturated rings. The van der Waals surface area contributed by atoms with Crippen molar-refractivity contribution in [2.24, 2.45) is 13.0 Å². The van der Waals surface area contributed by atoms with Gasteiger partial charge in [0.2, 0.25) is 5.91 Å². The molecule has 1 aliphatic heterocycles. The highest BCUT2D eigenvalue weighted by Crippen LogP contribution is 2.35. The Balaban J connectivity index is 1.40. The Bertz CT molecular complexity index is 797. The zero-order valence-electron chi connectivity index (χ0n) is 14.6. The Kier molecular flexibility index (Phi) is 5.20. The molecule has 138 valence electrons. The molecule has 3 atom stereocenters. The summed E-state index contributed by atoms with van der Waals surface area (Å²) < 4.78 is 1.84. The first-order valence-corrected chi connectivity index (χ1v) is 10.2. The number of amides is 1. The summed E-state index contributed by atoms with van der Waals surface area (Å²) in [6.45, 7) is 0. The second kappa shape index (κ2) is 7.58. The zero-order chi connectivity index (χ0) is 18.1. The third-order valence-electron chi connectivity index (χ3n) is 5.25. The molecule has 0 bridgehead atoms. The van der Waals surface area contributed by atoms with E-state index < -0.39 is 0 Å². The standard InChI is InChI=1S/C18H22ClN5OS/c1-24-10-20-23-18(24)26-16-7-6-12(9-13(16)19)21-17(25)15-8-11-4-2-3-5-14(11)22-15/h6-7,9-11,14-15,22H,2-5,8H2,1H3,(H,21,25). The lowest BCUT2D eigenvalue weighted by atomic mass is 9.85. The van der Waals surface area contributed by atoms with Gasteiger partial charge in [0.15, 0.2) is 5.16 Å². The van der Waals surface area contributed by atoms with Crippen LogP contribution in [0, 0.1) is 5.92 Å². The van der Waals surface area contributed by atoms with E-state index in [1.807, 2.05) is 23.7 Å². The maximum absolute atomic E-state index is 12.6. The average Bonchev–Trinajstić information content (AvgIpc) is 3.23. The average molecular weight is 392 g/mol. The van der Waals surface area contributed by atoms with Crippen molar-refractivity contribution in [3.05, 3.63) is 29.5 Å². The van der Waals surface area contributed by atoms with Crippen LogP contribution in [0.25, 0.3) is 0 Å². The van der Waals surface area contributed by atoms with Gasteiger partial charge in [-0.2, -0.15) is 0 Å². The maximum Gasteiger partial charge on any atom is 0.241 e. The number of hydrogen-bond acceptors (Lipinski definition) is 5. The summed E-state index contributed by atoms with van der Waals surface area (Å²) in [5, 5.41) is 15.8. The lowest BCUT2D eigenvalue weighted by Crippen LogP contribution is -2.39. The minimum absolute atomic E-state index is 0.0316. The summed E-state index contributed by atoms with van der Waals surface area (Å²) in [5.74, 6) is 0.678. The number of nitrogens with zero attached hydrogens (tertiary/aromatic N) is 3. The van der Waals surface area contributed by atoms with Gasteiger partial charge in [0, 0.05) is 23.7 Å². The minimum Gasteiger partial charge on any atom is -0.325 e. The third-order valence-corrected chi connectivity index (χ3v) is 6.80. The van der Waals surface area contributed by atoms with Gasteiger partial charge in [-0.3, -0.25) is 4.79 Å². The molecule has 1 saturated carbocycles. The number of benzene rings is 1. The molecule has 2 aromatic rings. The summed E-state index contributed by atoms with van der Waals surface area (Å²) >= 11 is 7.84. The van der Waals surface area contributed by atoms with Gasteiger partial charge >= 0.3 is 0 Å². The number of aryl methyl sites for hydroxylation is 1. The molecule has 26 heavy (non-hydrogen) atoms. The number of anilines is 1. The third kappa shape index (κ3) is 3.75. The van der Waals surface area contributed by atoms with Crippen LogP contribution in [0.5, 0.6) is 0 Å². The number of rotatable bonds is 4.